The SMILES string of the molecule is O=c1ccccn1CCOc1cncc([B-](F)(F)F)c1. The van der Waals surface area contributed by atoms with Crippen molar-refractivity contribution in [3.05, 3.63) is 53.2 Å². The second kappa shape index (κ2) is 5.81. The van der Waals surface area contributed by atoms with Crippen molar-refractivity contribution in [2.24, 2.45) is 0 Å². The number of rotatable bonds is 5. The van der Waals surface area contributed by atoms with Crippen LogP contribution in [0.5, 0.6) is 5.75 Å². The lowest BCUT2D eigenvalue weighted by Crippen LogP contribution is -2.34. The van der Waals surface area contributed by atoms with E-state index in [4.69, 9.17) is 4.74 Å². The van der Waals surface area contributed by atoms with Crippen LogP contribution in [-0.4, -0.2) is 23.1 Å². The summed E-state index contributed by atoms with van der Waals surface area (Å²) in [4.78, 5) is 14.9. The number of pyridine rings is 2. The summed E-state index contributed by atoms with van der Waals surface area (Å²) in [6, 6.07) is 5.60. The van der Waals surface area contributed by atoms with Crippen LogP contribution in [0, 0.1) is 0 Å². The van der Waals surface area contributed by atoms with E-state index in [9.17, 15) is 17.7 Å². The van der Waals surface area contributed by atoms with Crippen molar-refractivity contribution in [2.45, 2.75) is 6.54 Å². The van der Waals surface area contributed by atoms with E-state index in [1.54, 1.807) is 18.3 Å². The van der Waals surface area contributed by atoms with Crippen molar-refractivity contribution in [2.75, 3.05) is 6.61 Å². The molecule has 2 aromatic heterocycles. The predicted octanol–water partition coefficient (Wildman–Crippen LogP) is 1.38. The van der Waals surface area contributed by atoms with Crippen LogP contribution in [0.1, 0.15) is 0 Å². The summed E-state index contributed by atoms with van der Waals surface area (Å²) in [6.07, 6.45) is 3.55. The molecule has 0 aliphatic carbocycles. The van der Waals surface area contributed by atoms with Crippen LogP contribution in [-0.2, 0) is 6.54 Å². The second-order valence-corrected chi connectivity index (χ2v) is 4.11. The molecule has 0 N–H and O–H groups in total. The largest absolute Gasteiger partial charge is 0.511 e. The van der Waals surface area contributed by atoms with Crippen molar-refractivity contribution in [3.63, 3.8) is 0 Å². The lowest BCUT2D eigenvalue weighted by atomic mass is 9.81. The number of ether oxygens (including phenoxy) is 1. The zero-order chi connectivity index (χ0) is 14.6. The Morgan fingerprint density at radius 2 is 2.05 bits per heavy atom. The molecule has 0 aliphatic rings. The van der Waals surface area contributed by atoms with Gasteiger partial charge in [0.1, 0.15) is 12.4 Å². The summed E-state index contributed by atoms with van der Waals surface area (Å²) in [5, 5.41) is 0. The number of aromatic nitrogens is 2. The summed E-state index contributed by atoms with van der Waals surface area (Å²) in [5.41, 5.74) is -0.999. The fourth-order valence-electron chi connectivity index (χ4n) is 1.60. The molecular formula is C12H11BF3N2O2-. The molecule has 8 heteroatoms. The van der Waals surface area contributed by atoms with E-state index in [0.717, 1.165) is 12.3 Å². The Kier molecular flexibility index (Phi) is 4.12. The third-order valence-corrected chi connectivity index (χ3v) is 2.61. The average Bonchev–Trinajstić information content (AvgIpc) is 2.40. The molecule has 4 nitrogen and oxygen atoms in total. The minimum atomic E-state index is -5.09. The molecule has 2 rings (SSSR count). The van der Waals surface area contributed by atoms with E-state index >= 15 is 0 Å². The van der Waals surface area contributed by atoms with Crippen LogP contribution in [0.15, 0.2) is 47.7 Å². The van der Waals surface area contributed by atoms with Gasteiger partial charge in [-0.1, -0.05) is 11.5 Å². The highest BCUT2D eigenvalue weighted by Gasteiger charge is 2.26. The van der Waals surface area contributed by atoms with Gasteiger partial charge in [-0.25, -0.2) is 0 Å². The highest BCUT2D eigenvalue weighted by Crippen LogP contribution is 2.12. The first-order valence-corrected chi connectivity index (χ1v) is 5.90. The maximum Gasteiger partial charge on any atom is 0.511 e. The Bertz CT molecular complexity index is 643. The third-order valence-electron chi connectivity index (χ3n) is 2.61. The number of nitrogens with zero attached hydrogens (tertiary/aromatic N) is 2. The van der Waals surface area contributed by atoms with Gasteiger partial charge in [-0.2, -0.15) is 0 Å². The van der Waals surface area contributed by atoms with Crippen LogP contribution >= 0.6 is 0 Å². The summed E-state index contributed by atoms with van der Waals surface area (Å²) in [5.74, 6) is 0.0330. The van der Waals surface area contributed by atoms with Crippen LogP contribution < -0.4 is 15.8 Å². The molecule has 0 fully saturated rings. The topological polar surface area (TPSA) is 44.1 Å². The van der Waals surface area contributed by atoms with Gasteiger partial charge in [0.05, 0.1) is 12.7 Å². The lowest BCUT2D eigenvalue weighted by Gasteiger charge is -2.15. The van der Waals surface area contributed by atoms with Gasteiger partial charge in [0.2, 0.25) is 0 Å². The first-order valence-electron chi connectivity index (χ1n) is 5.90. The minimum absolute atomic E-state index is 0.0330. The number of halogens is 3. The van der Waals surface area contributed by atoms with Crippen LogP contribution in [0.3, 0.4) is 0 Å². The summed E-state index contributed by atoms with van der Waals surface area (Å²) in [7, 11) is 0. The number of hydrogen-bond acceptors (Lipinski definition) is 3. The second-order valence-electron chi connectivity index (χ2n) is 4.11. The molecule has 20 heavy (non-hydrogen) atoms. The highest BCUT2D eigenvalue weighted by atomic mass is 19.4. The Hall–Kier alpha value is -2.25. The van der Waals surface area contributed by atoms with Crippen LogP contribution in [0.4, 0.5) is 12.9 Å². The van der Waals surface area contributed by atoms with E-state index in [-0.39, 0.29) is 24.5 Å². The molecule has 0 radical (unpaired) electrons. The standard InChI is InChI=1S/C12H11BF3N2O2/c14-13(15,16)10-7-11(9-17-8-10)20-6-5-18-4-2-1-3-12(18)19/h1-4,7-9H,5-6H2/q-1. The van der Waals surface area contributed by atoms with E-state index in [2.05, 4.69) is 4.98 Å². The van der Waals surface area contributed by atoms with E-state index in [0.29, 0.717) is 0 Å². The molecule has 0 atom stereocenters. The minimum Gasteiger partial charge on any atom is -0.490 e. The molecule has 0 spiro atoms. The monoisotopic (exact) mass is 283 g/mol. The quantitative estimate of drug-likeness (QED) is 0.779. The molecule has 0 unspecified atom stereocenters. The zero-order valence-electron chi connectivity index (χ0n) is 10.4. The lowest BCUT2D eigenvalue weighted by molar-refractivity contribution is 0.295. The first kappa shape index (κ1) is 14.2. The molecule has 0 bridgehead atoms. The van der Waals surface area contributed by atoms with Gasteiger partial charge in [-0.05, 0) is 12.1 Å². The molecule has 106 valence electrons. The van der Waals surface area contributed by atoms with E-state index < -0.39 is 12.4 Å². The van der Waals surface area contributed by atoms with Crippen molar-refractivity contribution in [3.8, 4) is 5.75 Å². The molecule has 2 aromatic rings. The maximum atomic E-state index is 12.5. The normalized spacial score (nSPS) is 11.3. The van der Waals surface area contributed by atoms with Crippen molar-refractivity contribution in [1.82, 2.24) is 9.55 Å². The smallest absolute Gasteiger partial charge is 0.490 e. The fourth-order valence-corrected chi connectivity index (χ4v) is 1.60. The summed E-state index contributed by atoms with van der Waals surface area (Å²) in [6.45, 7) is -4.76. The molecular weight excluding hydrogens is 272 g/mol. The van der Waals surface area contributed by atoms with E-state index in [1.807, 2.05) is 0 Å². The molecule has 2 heterocycles. The molecule has 0 saturated heterocycles. The molecule has 0 aromatic carbocycles. The predicted molar refractivity (Wildman–Crippen MR) is 69.1 cm³/mol. The Labute approximate surface area is 112 Å². The number of hydrogen-bond donors (Lipinski definition) is 0. The van der Waals surface area contributed by atoms with Gasteiger partial charge in [0.25, 0.3) is 5.56 Å². The van der Waals surface area contributed by atoms with Gasteiger partial charge in [0.15, 0.2) is 0 Å². The molecule has 0 amide bonds. The van der Waals surface area contributed by atoms with Gasteiger partial charge in [0, 0.05) is 18.5 Å². The summed E-state index contributed by atoms with van der Waals surface area (Å²) >= 11 is 0. The van der Waals surface area contributed by atoms with Gasteiger partial charge < -0.3 is 22.3 Å². The average molecular weight is 283 g/mol. The zero-order valence-corrected chi connectivity index (χ0v) is 10.4. The van der Waals surface area contributed by atoms with Crippen molar-refractivity contribution >= 4 is 12.4 Å². The molecule has 0 aliphatic heterocycles. The Balaban J connectivity index is 1.98. The fraction of sp³-hybridized carbons (Fsp3) is 0.167. The van der Waals surface area contributed by atoms with Gasteiger partial charge in [-0.15, -0.1) is 0 Å². The Morgan fingerprint density at radius 3 is 2.75 bits per heavy atom. The van der Waals surface area contributed by atoms with E-state index in [1.165, 1.54) is 16.8 Å². The van der Waals surface area contributed by atoms with Gasteiger partial charge in [-0.3, -0.25) is 9.78 Å². The molecule has 0 saturated carbocycles. The van der Waals surface area contributed by atoms with Crippen LogP contribution in [0.2, 0.25) is 0 Å². The van der Waals surface area contributed by atoms with Crippen molar-refractivity contribution in [1.29, 1.82) is 0 Å². The van der Waals surface area contributed by atoms with Gasteiger partial charge >= 0.3 is 6.98 Å². The summed E-state index contributed by atoms with van der Waals surface area (Å²) < 4.78 is 44.2. The van der Waals surface area contributed by atoms with Crippen LogP contribution in [0.25, 0.3) is 0 Å². The van der Waals surface area contributed by atoms with Crippen molar-refractivity contribution < 1.29 is 17.7 Å². The maximum absolute atomic E-state index is 12.5. The highest BCUT2D eigenvalue weighted by molar-refractivity contribution is 6.73. The first-order chi connectivity index (χ1) is 9.47. The third kappa shape index (κ3) is 3.63. The Morgan fingerprint density at radius 1 is 1.25 bits per heavy atom.